The Balaban J connectivity index is 1.55. The standard InChI is InChI=1S/C15H19NO3S/c1-11-2-4-12(5-3-11)18-9-13-8-16-6-7-20-10-14(16)15(17)19-13/h2-5,13-14H,6-10H2,1H3. The van der Waals surface area contributed by atoms with E-state index in [2.05, 4.69) is 4.90 Å². The maximum absolute atomic E-state index is 12.0. The summed E-state index contributed by atoms with van der Waals surface area (Å²) in [6.07, 6.45) is -0.164. The molecule has 0 bridgehead atoms. The first-order valence-electron chi connectivity index (χ1n) is 6.94. The van der Waals surface area contributed by atoms with E-state index in [9.17, 15) is 4.79 Å². The molecule has 0 N–H and O–H groups in total. The topological polar surface area (TPSA) is 38.8 Å². The number of fused-ring (bicyclic) bond motifs is 1. The number of carbonyl (C=O) groups is 1. The van der Waals surface area contributed by atoms with Gasteiger partial charge in [0.1, 0.15) is 24.5 Å². The first-order valence-corrected chi connectivity index (χ1v) is 8.09. The van der Waals surface area contributed by atoms with Gasteiger partial charge in [-0.05, 0) is 19.1 Å². The fourth-order valence-electron chi connectivity index (χ4n) is 2.53. The average molecular weight is 293 g/mol. The summed E-state index contributed by atoms with van der Waals surface area (Å²) >= 11 is 1.82. The average Bonchev–Trinajstić information content (AvgIpc) is 2.47. The second kappa shape index (κ2) is 6.06. The van der Waals surface area contributed by atoms with Crippen molar-refractivity contribution >= 4 is 17.7 Å². The summed E-state index contributed by atoms with van der Waals surface area (Å²) < 4.78 is 11.2. The lowest BCUT2D eigenvalue weighted by atomic mass is 10.2. The van der Waals surface area contributed by atoms with E-state index in [1.807, 2.05) is 43.0 Å². The molecule has 2 atom stereocenters. The smallest absolute Gasteiger partial charge is 0.324 e. The van der Waals surface area contributed by atoms with E-state index in [4.69, 9.17) is 9.47 Å². The molecular weight excluding hydrogens is 274 g/mol. The maximum Gasteiger partial charge on any atom is 0.324 e. The molecule has 4 nitrogen and oxygen atoms in total. The molecule has 2 fully saturated rings. The summed E-state index contributed by atoms with van der Waals surface area (Å²) in [5, 5.41) is 0. The fourth-order valence-corrected chi connectivity index (χ4v) is 3.63. The second-order valence-corrected chi connectivity index (χ2v) is 6.42. The van der Waals surface area contributed by atoms with Gasteiger partial charge in [0.15, 0.2) is 0 Å². The predicted octanol–water partition coefficient (Wildman–Crippen LogP) is 1.72. The van der Waals surface area contributed by atoms with E-state index in [1.165, 1.54) is 5.56 Å². The molecule has 1 aromatic carbocycles. The monoisotopic (exact) mass is 293 g/mol. The van der Waals surface area contributed by atoms with Crippen molar-refractivity contribution in [2.24, 2.45) is 0 Å². The van der Waals surface area contributed by atoms with Gasteiger partial charge >= 0.3 is 5.97 Å². The summed E-state index contributed by atoms with van der Waals surface area (Å²) in [5.74, 6) is 2.67. The summed E-state index contributed by atoms with van der Waals surface area (Å²) in [6.45, 7) is 4.21. The lowest BCUT2D eigenvalue weighted by Gasteiger charge is -2.40. The SMILES string of the molecule is Cc1ccc(OCC2CN3CCSCC3C(=O)O2)cc1. The normalized spacial score (nSPS) is 26.8. The van der Waals surface area contributed by atoms with Crippen LogP contribution in [0.3, 0.4) is 0 Å². The molecule has 0 spiro atoms. The van der Waals surface area contributed by atoms with E-state index in [-0.39, 0.29) is 18.1 Å². The van der Waals surface area contributed by atoms with Crippen LogP contribution in [-0.4, -0.2) is 54.2 Å². The van der Waals surface area contributed by atoms with Crippen molar-refractivity contribution in [2.75, 3.05) is 31.2 Å². The third-order valence-corrected chi connectivity index (χ3v) is 4.71. The number of hydrogen-bond acceptors (Lipinski definition) is 5. The minimum absolute atomic E-state index is 0.0515. The van der Waals surface area contributed by atoms with E-state index in [1.54, 1.807) is 0 Å². The van der Waals surface area contributed by atoms with Crippen LogP contribution in [0.4, 0.5) is 0 Å². The number of nitrogens with zero attached hydrogens (tertiary/aromatic N) is 1. The van der Waals surface area contributed by atoms with Crippen LogP contribution in [0, 0.1) is 6.92 Å². The highest BCUT2D eigenvalue weighted by atomic mass is 32.2. The largest absolute Gasteiger partial charge is 0.490 e. The Morgan fingerprint density at radius 3 is 3.00 bits per heavy atom. The molecule has 3 rings (SSSR count). The molecule has 2 unspecified atom stereocenters. The Bertz CT molecular complexity index is 477. The van der Waals surface area contributed by atoms with Crippen LogP contribution < -0.4 is 4.74 Å². The molecule has 2 aliphatic heterocycles. The molecule has 5 heteroatoms. The number of rotatable bonds is 3. The van der Waals surface area contributed by atoms with Gasteiger partial charge in [-0.2, -0.15) is 11.8 Å². The van der Waals surface area contributed by atoms with Crippen molar-refractivity contribution in [3.63, 3.8) is 0 Å². The Kier molecular flexibility index (Phi) is 4.17. The Morgan fingerprint density at radius 1 is 1.40 bits per heavy atom. The van der Waals surface area contributed by atoms with Gasteiger partial charge in [0, 0.05) is 24.6 Å². The number of cyclic esters (lactones) is 1. The number of benzene rings is 1. The number of carbonyl (C=O) groups excluding carboxylic acids is 1. The van der Waals surface area contributed by atoms with E-state index in [0.29, 0.717) is 6.61 Å². The summed E-state index contributed by atoms with van der Waals surface area (Å²) in [5.41, 5.74) is 1.20. The lowest BCUT2D eigenvalue weighted by Crippen LogP contribution is -2.57. The Labute approximate surface area is 123 Å². The van der Waals surface area contributed by atoms with Crippen LogP contribution in [0.25, 0.3) is 0 Å². The molecule has 0 saturated carbocycles. The molecule has 2 aliphatic rings. The van der Waals surface area contributed by atoms with Gasteiger partial charge in [-0.3, -0.25) is 9.69 Å². The molecule has 2 saturated heterocycles. The zero-order valence-electron chi connectivity index (χ0n) is 11.6. The lowest BCUT2D eigenvalue weighted by molar-refractivity contribution is -0.167. The number of aryl methyl sites for hydroxylation is 1. The van der Waals surface area contributed by atoms with Crippen LogP contribution in [0.1, 0.15) is 5.56 Å². The number of morpholine rings is 1. The molecular formula is C15H19NO3S. The van der Waals surface area contributed by atoms with E-state index in [0.717, 1.165) is 30.3 Å². The van der Waals surface area contributed by atoms with Crippen molar-refractivity contribution in [2.45, 2.75) is 19.1 Å². The number of esters is 1. The highest BCUT2D eigenvalue weighted by Gasteiger charge is 2.38. The fraction of sp³-hybridized carbons (Fsp3) is 0.533. The molecule has 2 heterocycles. The first kappa shape index (κ1) is 13.8. The highest BCUT2D eigenvalue weighted by molar-refractivity contribution is 7.99. The van der Waals surface area contributed by atoms with Crippen LogP contribution >= 0.6 is 11.8 Å². The molecule has 0 radical (unpaired) electrons. The molecule has 0 aliphatic carbocycles. The minimum atomic E-state index is -0.164. The predicted molar refractivity (Wildman–Crippen MR) is 79.2 cm³/mol. The number of thioether (sulfide) groups is 1. The van der Waals surface area contributed by atoms with Crippen molar-refractivity contribution in [3.05, 3.63) is 29.8 Å². The van der Waals surface area contributed by atoms with Gasteiger partial charge < -0.3 is 9.47 Å². The number of ether oxygens (including phenoxy) is 2. The molecule has 1 aromatic rings. The molecule has 108 valence electrons. The number of hydrogen-bond donors (Lipinski definition) is 0. The maximum atomic E-state index is 12.0. The summed E-state index contributed by atoms with van der Waals surface area (Å²) in [6, 6.07) is 7.87. The van der Waals surface area contributed by atoms with Gasteiger partial charge in [0.05, 0.1) is 0 Å². The third-order valence-electron chi connectivity index (χ3n) is 3.69. The van der Waals surface area contributed by atoms with E-state index >= 15 is 0 Å². The Morgan fingerprint density at radius 2 is 2.20 bits per heavy atom. The minimum Gasteiger partial charge on any atom is -0.490 e. The molecule has 0 amide bonds. The molecule has 0 aromatic heterocycles. The molecule has 20 heavy (non-hydrogen) atoms. The van der Waals surface area contributed by atoms with E-state index < -0.39 is 0 Å². The van der Waals surface area contributed by atoms with Crippen molar-refractivity contribution in [1.29, 1.82) is 0 Å². The quantitative estimate of drug-likeness (QED) is 0.793. The zero-order chi connectivity index (χ0) is 13.9. The van der Waals surface area contributed by atoms with Crippen LogP contribution in [0.2, 0.25) is 0 Å². The Hall–Kier alpha value is -1.20. The summed E-state index contributed by atoms with van der Waals surface area (Å²) in [7, 11) is 0. The van der Waals surface area contributed by atoms with Gasteiger partial charge in [0.25, 0.3) is 0 Å². The van der Waals surface area contributed by atoms with Crippen molar-refractivity contribution in [3.8, 4) is 5.75 Å². The summed E-state index contributed by atoms with van der Waals surface area (Å²) in [4.78, 5) is 14.2. The third kappa shape index (κ3) is 3.10. The van der Waals surface area contributed by atoms with Crippen LogP contribution in [0.15, 0.2) is 24.3 Å². The van der Waals surface area contributed by atoms with Gasteiger partial charge in [0.2, 0.25) is 0 Å². The van der Waals surface area contributed by atoms with Crippen LogP contribution in [0.5, 0.6) is 5.75 Å². The van der Waals surface area contributed by atoms with Crippen molar-refractivity contribution in [1.82, 2.24) is 4.90 Å². The van der Waals surface area contributed by atoms with Gasteiger partial charge in [-0.25, -0.2) is 0 Å². The first-order chi connectivity index (χ1) is 9.72. The zero-order valence-corrected chi connectivity index (χ0v) is 12.4. The highest BCUT2D eigenvalue weighted by Crippen LogP contribution is 2.23. The van der Waals surface area contributed by atoms with Crippen molar-refractivity contribution < 1.29 is 14.3 Å². The van der Waals surface area contributed by atoms with Gasteiger partial charge in [-0.1, -0.05) is 17.7 Å². The second-order valence-electron chi connectivity index (χ2n) is 5.27. The van der Waals surface area contributed by atoms with Gasteiger partial charge in [-0.15, -0.1) is 0 Å². The van der Waals surface area contributed by atoms with Crippen LogP contribution in [-0.2, 0) is 9.53 Å².